The summed E-state index contributed by atoms with van der Waals surface area (Å²) in [5.74, 6) is -1.21. The lowest BCUT2D eigenvalue weighted by Gasteiger charge is -2.14. The van der Waals surface area contributed by atoms with Crippen LogP contribution in [0, 0.1) is 0 Å². The van der Waals surface area contributed by atoms with E-state index in [0.717, 1.165) is 5.56 Å². The number of benzene rings is 2. The number of nitrogens with one attached hydrogen (secondary N) is 2. The molecule has 0 spiro atoms. The van der Waals surface area contributed by atoms with E-state index >= 15 is 0 Å². The molecule has 2 rings (SSSR count). The molecule has 0 aromatic heterocycles. The van der Waals surface area contributed by atoms with Crippen LogP contribution in [0.2, 0.25) is 0 Å². The van der Waals surface area contributed by atoms with Crippen molar-refractivity contribution >= 4 is 21.9 Å². The van der Waals surface area contributed by atoms with Crippen LogP contribution in [0.3, 0.4) is 0 Å². The van der Waals surface area contributed by atoms with Gasteiger partial charge in [0.2, 0.25) is 10.0 Å². The van der Waals surface area contributed by atoms with Crippen LogP contribution in [-0.4, -0.2) is 33.4 Å². The molecule has 0 radical (unpaired) electrons. The van der Waals surface area contributed by atoms with Gasteiger partial charge in [0.05, 0.1) is 16.5 Å². The highest BCUT2D eigenvalue weighted by Gasteiger charge is 2.17. The van der Waals surface area contributed by atoms with Crippen LogP contribution >= 0.6 is 0 Å². The number of sulfonamides is 1. The molecule has 0 saturated heterocycles. The molecule has 0 aliphatic heterocycles. The molecule has 0 bridgehead atoms. The smallest absolute Gasteiger partial charge is 0.338 e. The minimum atomic E-state index is -3.69. The standard InChI is InChI=1S/C20H24N2O5S/c1-3-12-21-28(25,26)18-11-7-10-17(13-18)20(24)27-14-19(23)22-15(2)16-8-5-4-6-9-16/h4-11,13,15,21H,3,12,14H2,1-2H3,(H,22,23)/t15-/m0/s1. The van der Waals surface area contributed by atoms with E-state index in [-0.39, 0.29) is 16.5 Å². The maximum atomic E-state index is 12.2. The number of hydrogen-bond acceptors (Lipinski definition) is 5. The summed E-state index contributed by atoms with van der Waals surface area (Å²) in [7, 11) is -3.69. The quantitative estimate of drug-likeness (QED) is 0.625. The molecule has 28 heavy (non-hydrogen) atoms. The van der Waals surface area contributed by atoms with Crippen LogP contribution in [0.5, 0.6) is 0 Å². The molecule has 150 valence electrons. The van der Waals surface area contributed by atoms with Crippen molar-refractivity contribution in [1.82, 2.24) is 10.0 Å². The van der Waals surface area contributed by atoms with Gasteiger partial charge in [0, 0.05) is 6.54 Å². The Morgan fingerprint density at radius 1 is 1.07 bits per heavy atom. The fraction of sp³-hybridized carbons (Fsp3) is 0.300. The number of carbonyl (C=O) groups is 2. The first-order valence-corrected chi connectivity index (χ1v) is 10.4. The third kappa shape index (κ3) is 6.17. The van der Waals surface area contributed by atoms with E-state index in [1.807, 2.05) is 44.2 Å². The molecule has 2 aromatic rings. The number of hydrogen-bond donors (Lipinski definition) is 2. The summed E-state index contributed by atoms with van der Waals surface area (Å²) in [6.07, 6.45) is 0.650. The molecular formula is C20H24N2O5S. The van der Waals surface area contributed by atoms with Crippen LogP contribution in [0.1, 0.15) is 42.2 Å². The second-order valence-electron chi connectivity index (χ2n) is 6.20. The molecule has 1 atom stereocenters. The molecule has 0 heterocycles. The predicted molar refractivity (Wildman–Crippen MR) is 105 cm³/mol. The second kappa shape index (κ2) is 10.0. The first-order chi connectivity index (χ1) is 13.3. The fourth-order valence-electron chi connectivity index (χ4n) is 2.43. The summed E-state index contributed by atoms with van der Waals surface area (Å²) in [4.78, 5) is 24.2. The van der Waals surface area contributed by atoms with Crippen molar-refractivity contribution in [2.75, 3.05) is 13.2 Å². The molecular weight excluding hydrogens is 380 g/mol. The summed E-state index contributed by atoms with van der Waals surface area (Å²) < 4.78 is 31.8. The zero-order valence-corrected chi connectivity index (χ0v) is 16.7. The minimum Gasteiger partial charge on any atom is -0.452 e. The lowest BCUT2D eigenvalue weighted by atomic mass is 10.1. The Hall–Kier alpha value is -2.71. The van der Waals surface area contributed by atoms with Gasteiger partial charge >= 0.3 is 5.97 Å². The minimum absolute atomic E-state index is 0.0300. The molecule has 1 amide bonds. The molecule has 2 N–H and O–H groups in total. The van der Waals surface area contributed by atoms with Gasteiger partial charge in [-0.3, -0.25) is 4.79 Å². The molecule has 0 fully saturated rings. The van der Waals surface area contributed by atoms with Crippen LogP contribution in [0.4, 0.5) is 0 Å². The van der Waals surface area contributed by atoms with Crippen molar-refractivity contribution in [3.8, 4) is 0 Å². The Balaban J connectivity index is 1.94. The van der Waals surface area contributed by atoms with Gasteiger partial charge in [0.1, 0.15) is 0 Å². The van der Waals surface area contributed by atoms with Gasteiger partial charge in [0.15, 0.2) is 6.61 Å². The highest BCUT2D eigenvalue weighted by molar-refractivity contribution is 7.89. The van der Waals surface area contributed by atoms with E-state index in [2.05, 4.69) is 10.0 Å². The second-order valence-corrected chi connectivity index (χ2v) is 7.97. The van der Waals surface area contributed by atoms with Crippen molar-refractivity contribution in [2.24, 2.45) is 0 Å². The van der Waals surface area contributed by atoms with Gasteiger partial charge in [-0.05, 0) is 37.1 Å². The molecule has 0 aliphatic carbocycles. The van der Waals surface area contributed by atoms with Crippen molar-refractivity contribution < 1.29 is 22.7 Å². The summed E-state index contributed by atoms with van der Waals surface area (Å²) in [5.41, 5.74) is 0.989. The van der Waals surface area contributed by atoms with E-state index < -0.39 is 28.5 Å². The van der Waals surface area contributed by atoms with E-state index in [1.165, 1.54) is 24.3 Å². The molecule has 8 heteroatoms. The van der Waals surface area contributed by atoms with Gasteiger partial charge in [-0.15, -0.1) is 0 Å². The maximum Gasteiger partial charge on any atom is 0.338 e. The first kappa shape index (κ1) is 21.6. The van der Waals surface area contributed by atoms with E-state index in [0.29, 0.717) is 13.0 Å². The van der Waals surface area contributed by atoms with Crippen molar-refractivity contribution in [2.45, 2.75) is 31.2 Å². The van der Waals surface area contributed by atoms with Crippen LogP contribution in [0.25, 0.3) is 0 Å². The number of ether oxygens (including phenoxy) is 1. The van der Waals surface area contributed by atoms with Gasteiger partial charge in [-0.1, -0.05) is 43.3 Å². The Kier molecular flexibility index (Phi) is 7.71. The molecule has 0 aliphatic rings. The van der Waals surface area contributed by atoms with Gasteiger partial charge in [-0.2, -0.15) is 0 Å². The monoisotopic (exact) mass is 404 g/mol. The summed E-state index contributed by atoms with van der Waals surface area (Å²) >= 11 is 0. The lowest BCUT2D eigenvalue weighted by Crippen LogP contribution is -2.31. The van der Waals surface area contributed by atoms with Gasteiger partial charge < -0.3 is 10.1 Å². The van der Waals surface area contributed by atoms with Crippen molar-refractivity contribution in [3.63, 3.8) is 0 Å². The molecule has 0 saturated carbocycles. The largest absolute Gasteiger partial charge is 0.452 e. The Bertz CT molecular complexity index is 913. The summed E-state index contributed by atoms with van der Waals surface area (Å²) in [6.45, 7) is 3.52. The zero-order chi connectivity index (χ0) is 20.6. The van der Waals surface area contributed by atoms with Gasteiger partial charge in [-0.25, -0.2) is 17.9 Å². The number of esters is 1. The van der Waals surface area contributed by atoms with Crippen LogP contribution < -0.4 is 10.0 Å². The van der Waals surface area contributed by atoms with Crippen molar-refractivity contribution in [1.29, 1.82) is 0 Å². The number of carbonyl (C=O) groups excluding carboxylic acids is 2. The highest BCUT2D eigenvalue weighted by Crippen LogP contribution is 2.13. The number of rotatable bonds is 9. The average molecular weight is 404 g/mol. The molecule has 2 aromatic carbocycles. The van der Waals surface area contributed by atoms with E-state index in [4.69, 9.17) is 4.74 Å². The molecule has 7 nitrogen and oxygen atoms in total. The predicted octanol–water partition coefficient (Wildman–Crippen LogP) is 2.41. The zero-order valence-electron chi connectivity index (χ0n) is 15.8. The van der Waals surface area contributed by atoms with Gasteiger partial charge in [0.25, 0.3) is 5.91 Å². The normalized spacial score (nSPS) is 12.2. The Morgan fingerprint density at radius 3 is 2.46 bits per heavy atom. The fourth-order valence-corrected chi connectivity index (χ4v) is 3.61. The van der Waals surface area contributed by atoms with Crippen LogP contribution in [0.15, 0.2) is 59.5 Å². The third-order valence-electron chi connectivity index (χ3n) is 3.93. The Morgan fingerprint density at radius 2 is 1.79 bits per heavy atom. The summed E-state index contributed by atoms with van der Waals surface area (Å²) in [6, 6.07) is 14.7. The van der Waals surface area contributed by atoms with E-state index in [1.54, 1.807) is 0 Å². The SMILES string of the molecule is CCCNS(=O)(=O)c1cccc(C(=O)OCC(=O)N[C@@H](C)c2ccccc2)c1. The highest BCUT2D eigenvalue weighted by atomic mass is 32.2. The maximum absolute atomic E-state index is 12.2. The number of amides is 1. The third-order valence-corrected chi connectivity index (χ3v) is 5.39. The topological polar surface area (TPSA) is 102 Å². The van der Waals surface area contributed by atoms with E-state index in [9.17, 15) is 18.0 Å². The summed E-state index contributed by atoms with van der Waals surface area (Å²) in [5, 5.41) is 2.74. The average Bonchev–Trinajstić information content (AvgIpc) is 2.71. The van der Waals surface area contributed by atoms with Crippen LogP contribution in [-0.2, 0) is 19.6 Å². The Labute approximate surface area is 165 Å². The van der Waals surface area contributed by atoms with Crippen molar-refractivity contribution in [3.05, 3.63) is 65.7 Å². The molecule has 0 unspecified atom stereocenters. The lowest BCUT2D eigenvalue weighted by molar-refractivity contribution is -0.124. The first-order valence-electron chi connectivity index (χ1n) is 8.94.